The average molecular weight is 183 g/mol. The van der Waals surface area contributed by atoms with Crippen LogP contribution < -0.4 is 5.32 Å². The summed E-state index contributed by atoms with van der Waals surface area (Å²) in [5, 5.41) is 7.37. The minimum Gasteiger partial charge on any atom is -0.317 e. The Hall–Kier alpha value is -0.830. The van der Waals surface area contributed by atoms with Gasteiger partial charge in [0.2, 0.25) is 0 Å². The predicted molar refractivity (Wildman–Crippen MR) is 56.7 cm³/mol. The fourth-order valence-electron chi connectivity index (χ4n) is 0.976. The fraction of sp³-hybridized carbons (Fsp3) is 0.700. The van der Waals surface area contributed by atoms with Crippen molar-refractivity contribution in [2.24, 2.45) is 0 Å². The van der Waals surface area contributed by atoms with Crippen LogP contribution in [0.4, 0.5) is 0 Å². The molecular formula is C10H21N3. The SMILES string of the molecule is CC.CCNCCCn1cccn1. The van der Waals surface area contributed by atoms with Crippen molar-refractivity contribution in [3.05, 3.63) is 18.5 Å². The van der Waals surface area contributed by atoms with Crippen LogP contribution in [-0.4, -0.2) is 22.9 Å². The first-order valence-electron chi connectivity index (χ1n) is 5.11. The Balaban J connectivity index is 0.000000671. The zero-order chi connectivity index (χ0) is 9.94. The highest BCUT2D eigenvalue weighted by Gasteiger charge is 1.88. The first-order valence-corrected chi connectivity index (χ1v) is 5.11. The van der Waals surface area contributed by atoms with E-state index in [2.05, 4.69) is 17.3 Å². The molecule has 0 aliphatic carbocycles. The van der Waals surface area contributed by atoms with E-state index in [1.807, 2.05) is 37.0 Å². The van der Waals surface area contributed by atoms with Crippen LogP contribution in [0.2, 0.25) is 0 Å². The third kappa shape index (κ3) is 6.34. The number of hydrogen-bond acceptors (Lipinski definition) is 2. The summed E-state index contributed by atoms with van der Waals surface area (Å²) in [7, 11) is 0. The number of aromatic nitrogens is 2. The lowest BCUT2D eigenvalue weighted by Crippen LogP contribution is -2.16. The van der Waals surface area contributed by atoms with Gasteiger partial charge in [0.15, 0.2) is 0 Å². The van der Waals surface area contributed by atoms with Gasteiger partial charge in [0.1, 0.15) is 0 Å². The van der Waals surface area contributed by atoms with Gasteiger partial charge < -0.3 is 5.32 Å². The second kappa shape index (κ2) is 9.26. The molecule has 0 aliphatic rings. The van der Waals surface area contributed by atoms with Crippen molar-refractivity contribution in [3.8, 4) is 0 Å². The summed E-state index contributed by atoms with van der Waals surface area (Å²) in [6.07, 6.45) is 4.95. The molecule has 0 amide bonds. The number of nitrogens with zero attached hydrogens (tertiary/aromatic N) is 2. The third-order valence-corrected chi connectivity index (χ3v) is 1.55. The molecule has 0 atom stereocenters. The quantitative estimate of drug-likeness (QED) is 0.707. The Morgan fingerprint density at radius 3 is 2.69 bits per heavy atom. The smallest absolute Gasteiger partial charge is 0.0489 e. The highest BCUT2D eigenvalue weighted by Crippen LogP contribution is 1.87. The van der Waals surface area contributed by atoms with Crippen LogP contribution in [0.25, 0.3) is 0 Å². The standard InChI is InChI=1S/C8H15N3.C2H6/c1-2-9-5-3-7-11-8-4-6-10-11;1-2/h4,6,8-9H,2-3,5,7H2,1H3;1-2H3. The monoisotopic (exact) mass is 183 g/mol. The molecule has 0 unspecified atom stereocenters. The van der Waals surface area contributed by atoms with E-state index in [9.17, 15) is 0 Å². The maximum atomic E-state index is 4.10. The van der Waals surface area contributed by atoms with Crippen LogP contribution in [0.15, 0.2) is 18.5 Å². The van der Waals surface area contributed by atoms with Crippen LogP contribution in [0.3, 0.4) is 0 Å². The van der Waals surface area contributed by atoms with Gasteiger partial charge in [-0.3, -0.25) is 4.68 Å². The molecule has 1 aromatic rings. The molecule has 3 nitrogen and oxygen atoms in total. The topological polar surface area (TPSA) is 29.9 Å². The molecule has 1 aromatic heterocycles. The maximum Gasteiger partial charge on any atom is 0.0489 e. The van der Waals surface area contributed by atoms with Crippen molar-refractivity contribution < 1.29 is 0 Å². The van der Waals surface area contributed by atoms with E-state index in [0.717, 1.165) is 26.1 Å². The van der Waals surface area contributed by atoms with Gasteiger partial charge in [-0.25, -0.2) is 0 Å². The van der Waals surface area contributed by atoms with Crippen LogP contribution in [0.1, 0.15) is 27.2 Å². The second-order valence-corrected chi connectivity index (χ2v) is 2.48. The third-order valence-electron chi connectivity index (χ3n) is 1.55. The Bertz CT molecular complexity index is 170. The number of rotatable bonds is 5. The highest BCUT2D eigenvalue weighted by molar-refractivity contribution is 4.77. The molecule has 1 rings (SSSR count). The zero-order valence-electron chi connectivity index (χ0n) is 8.95. The van der Waals surface area contributed by atoms with Crippen molar-refractivity contribution in [1.29, 1.82) is 0 Å². The average Bonchev–Trinajstić information content (AvgIpc) is 2.68. The van der Waals surface area contributed by atoms with Gasteiger partial charge in [0.05, 0.1) is 0 Å². The van der Waals surface area contributed by atoms with Crippen LogP contribution >= 0.6 is 0 Å². The molecule has 1 N–H and O–H groups in total. The summed E-state index contributed by atoms with van der Waals surface area (Å²) in [5.74, 6) is 0. The van der Waals surface area contributed by atoms with Crippen molar-refractivity contribution >= 4 is 0 Å². The lowest BCUT2D eigenvalue weighted by molar-refractivity contribution is 0.550. The Morgan fingerprint density at radius 1 is 1.38 bits per heavy atom. The summed E-state index contributed by atoms with van der Waals surface area (Å²) >= 11 is 0. The molecule has 1 heterocycles. The van der Waals surface area contributed by atoms with E-state index in [0.29, 0.717) is 0 Å². The first kappa shape index (κ1) is 12.2. The van der Waals surface area contributed by atoms with Crippen LogP contribution in [0.5, 0.6) is 0 Å². The molecular weight excluding hydrogens is 162 g/mol. The second-order valence-electron chi connectivity index (χ2n) is 2.48. The first-order chi connectivity index (χ1) is 6.43. The summed E-state index contributed by atoms with van der Waals surface area (Å²) < 4.78 is 1.96. The molecule has 0 saturated heterocycles. The lowest BCUT2D eigenvalue weighted by atomic mass is 10.4. The van der Waals surface area contributed by atoms with Gasteiger partial charge in [0, 0.05) is 18.9 Å². The Morgan fingerprint density at radius 2 is 2.15 bits per heavy atom. The maximum absolute atomic E-state index is 4.10. The van der Waals surface area contributed by atoms with E-state index in [1.54, 1.807) is 0 Å². The van der Waals surface area contributed by atoms with Gasteiger partial charge >= 0.3 is 0 Å². The minimum absolute atomic E-state index is 1.01. The molecule has 13 heavy (non-hydrogen) atoms. The predicted octanol–water partition coefficient (Wildman–Crippen LogP) is 1.91. The molecule has 0 bridgehead atoms. The number of nitrogens with one attached hydrogen (secondary N) is 1. The zero-order valence-corrected chi connectivity index (χ0v) is 8.95. The molecule has 0 fully saturated rings. The van der Waals surface area contributed by atoms with E-state index in [1.165, 1.54) is 0 Å². The fourth-order valence-corrected chi connectivity index (χ4v) is 0.976. The van der Waals surface area contributed by atoms with E-state index in [4.69, 9.17) is 0 Å². The summed E-state index contributed by atoms with van der Waals surface area (Å²) in [6.45, 7) is 9.27. The Kier molecular flexibility index (Phi) is 8.67. The molecule has 0 spiro atoms. The normalized spacial score (nSPS) is 9.15. The largest absolute Gasteiger partial charge is 0.317 e. The molecule has 0 aromatic carbocycles. The minimum atomic E-state index is 1.01. The molecule has 0 radical (unpaired) electrons. The molecule has 0 aliphatic heterocycles. The highest BCUT2D eigenvalue weighted by atomic mass is 15.3. The molecule has 76 valence electrons. The number of aryl methyl sites for hydroxylation is 1. The van der Waals surface area contributed by atoms with Crippen LogP contribution in [0, 0.1) is 0 Å². The lowest BCUT2D eigenvalue weighted by Gasteiger charge is -2.01. The van der Waals surface area contributed by atoms with Crippen molar-refractivity contribution in [3.63, 3.8) is 0 Å². The molecule has 0 saturated carbocycles. The van der Waals surface area contributed by atoms with E-state index < -0.39 is 0 Å². The van der Waals surface area contributed by atoms with Gasteiger partial charge in [-0.05, 0) is 25.6 Å². The van der Waals surface area contributed by atoms with Gasteiger partial charge in [-0.1, -0.05) is 20.8 Å². The Labute approximate surface area is 81.1 Å². The van der Waals surface area contributed by atoms with Crippen molar-refractivity contribution in [2.75, 3.05) is 13.1 Å². The van der Waals surface area contributed by atoms with Crippen molar-refractivity contribution in [1.82, 2.24) is 15.1 Å². The molecule has 3 heteroatoms. The van der Waals surface area contributed by atoms with Crippen molar-refractivity contribution in [2.45, 2.75) is 33.7 Å². The summed E-state index contributed by atoms with van der Waals surface area (Å²) in [6, 6.07) is 1.95. The van der Waals surface area contributed by atoms with Gasteiger partial charge in [-0.2, -0.15) is 5.10 Å². The van der Waals surface area contributed by atoms with E-state index in [-0.39, 0.29) is 0 Å². The summed E-state index contributed by atoms with van der Waals surface area (Å²) in [5.41, 5.74) is 0. The number of hydrogen-bond donors (Lipinski definition) is 1. The van der Waals surface area contributed by atoms with Gasteiger partial charge in [0.25, 0.3) is 0 Å². The van der Waals surface area contributed by atoms with Crippen LogP contribution in [-0.2, 0) is 6.54 Å². The van der Waals surface area contributed by atoms with Gasteiger partial charge in [-0.15, -0.1) is 0 Å². The van der Waals surface area contributed by atoms with E-state index >= 15 is 0 Å². The summed E-state index contributed by atoms with van der Waals surface area (Å²) in [4.78, 5) is 0.